The molecule has 2 aliphatic carbocycles. The molecule has 1 saturated carbocycles. The van der Waals surface area contributed by atoms with Crippen molar-refractivity contribution in [3.05, 3.63) is 34.8 Å². The van der Waals surface area contributed by atoms with Crippen LogP contribution in [0.25, 0.3) is 0 Å². The summed E-state index contributed by atoms with van der Waals surface area (Å²) in [6, 6.07) is 0. The third-order valence-corrected chi connectivity index (χ3v) is 7.23. The molecule has 6 heteroatoms. The minimum atomic E-state index is -0.559. The summed E-state index contributed by atoms with van der Waals surface area (Å²) in [5.74, 6) is 0.276. The summed E-state index contributed by atoms with van der Waals surface area (Å²) in [6.45, 7) is 11.2. The van der Waals surface area contributed by atoms with Gasteiger partial charge in [-0.1, -0.05) is 19.9 Å². The van der Waals surface area contributed by atoms with Crippen LogP contribution in [0.4, 0.5) is 0 Å². The van der Waals surface area contributed by atoms with E-state index in [0.29, 0.717) is 18.4 Å². The first kappa shape index (κ1) is 19.2. The summed E-state index contributed by atoms with van der Waals surface area (Å²) >= 11 is 0. The lowest BCUT2D eigenvalue weighted by molar-refractivity contribution is -0.168. The predicted molar refractivity (Wildman–Crippen MR) is 100 cm³/mol. The monoisotopic (exact) mass is 388 g/mol. The van der Waals surface area contributed by atoms with Crippen LogP contribution < -0.4 is 0 Å². The summed E-state index contributed by atoms with van der Waals surface area (Å²) in [7, 11) is 0. The number of epoxide rings is 1. The number of aryl methyl sites for hydroxylation is 1. The quantitative estimate of drug-likeness (QED) is 0.445. The largest absolute Gasteiger partial charge is 0.469 e. The Morgan fingerprint density at radius 1 is 1.29 bits per heavy atom. The third kappa shape index (κ3) is 2.43. The molecule has 2 fully saturated rings. The zero-order valence-corrected chi connectivity index (χ0v) is 17.3. The molecule has 1 aliphatic heterocycles. The van der Waals surface area contributed by atoms with Gasteiger partial charge in [-0.05, 0) is 38.7 Å². The first-order chi connectivity index (χ1) is 13.2. The maximum absolute atomic E-state index is 12.7. The van der Waals surface area contributed by atoms with Crippen LogP contribution in [0.15, 0.2) is 22.3 Å². The summed E-state index contributed by atoms with van der Waals surface area (Å²) in [5, 5.41) is 0. The molecule has 0 N–H and O–H groups in total. The zero-order chi connectivity index (χ0) is 20.4. The first-order valence-electron chi connectivity index (χ1n) is 9.91. The minimum Gasteiger partial charge on any atom is -0.469 e. The van der Waals surface area contributed by atoms with Crippen molar-refractivity contribution in [2.75, 3.05) is 0 Å². The standard InChI is InChI=1S/C22H28O6/c1-7-11(2)20(24)27-19-17-12(3)10-25-16(17)9-22-18(28-22)15(26-14(5)23)8-13(4)21(19,22)6/h7,10,13,15,18-19H,8-9H2,1-6H3/b11-7-/t13-,15+,18+,19+,21-,22+/m0/s1. The van der Waals surface area contributed by atoms with Crippen LogP contribution in [0.2, 0.25) is 0 Å². The summed E-state index contributed by atoms with van der Waals surface area (Å²) in [4.78, 5) is 24.3. The Balaban J connectivity index is 1.79. The molecule has 28 heavy (non-hydrogen) atoms. The number of furan rings is 1. The highest BCUT2D eigenvalue weighted by atomic mass is 16.7. The van der Waals surface area contributed by atoms with E-state index in [4.69, 9.17) is 18.6 Å². The Labute approximate surface area is 165 Å². The lowest BCUT2D eigenvalue weighted by Crippen LogP contribution is -2.57. The first-order valence-corrected chi connectivity index (χ1v) is 9.91. The molecule has 3 aliphatic rings. The highest BCUT2D eigenvalue weighted by Crippen LogP contribution is 2.70. The van der Waals surface area contributed by atoms with Gasteiger partial charge in [0.05, 0.1) is 6.26 Å². The maximum Gasteiger partial charge on any atom is 0.334 e. The highest BCUT2D eigenvalue weighted by molar-refractivity contribution is 5.88. The van der Waals surface area contributed by atoms with E-state index in [2.05, 4.69) is 13.8 Å². The van der Waals surface area contributed by atoms with E-state index in [0.717, 1.165) is 16.9 Å². The zero-order valence-electron chi connectivity index (χ0n) is 17.3. The number of ether oxygens (including phenoxy) is 3. The van der Waals surface area contributed by atoms with Gasteiger partial charge in [0.15, 0.2) is 0 Å². The molecule has 0 amide bonds. The van der Waals surface area contributed by atoms with Gasteiger partial charge in [0.25, 0.3) is 0 Å². The number of fused-ring (bicyclic) bond motifs is 1. The molecule has 1 aromatic rings. The van der Waals surface area contributed by atoms with Crippen molar-refractivity contribution in [3.63, 3.8) is 0 Å². The van der Waals surface area contributed by atoms with Gasteiger partial charge in [0, 0.05) is 29.9 Å². The molecule has 6 nitrogen and oxygen atoms in total. The lowest BCUT2D eigenvalue weighted by atomic mass is 9.53. The van der Waals surface area contributed by atoms with Crippen LogP contribution in [0.5, 0.6) is 0 Å². The van der Waals surface area contributed by atoms with Crippen LogP contribution >= 0.6 is 0 Å². The van der Waals surface area contributed by atoms with Crippen LogP contribution in [0, 0.1) is 18.3 Å². The average molecular weight is 388 g/mol. The second-order valence-corrected chi connectivity index (χ2v) is 8.68. The smallest absolute Gasteiger partial charge is 0.334 e. The van der Waals surface area contributed by atoms with Gasteiger partial charge in [-0.25, -0.2) is 4.79 Å². The molecule has 1 aromatic heterocycles. The van der Waals surface area contributed by atoms with Gasteiger partial charge < -0.3 is 18.6 Å². The molecule has 4 rings (SSSR count). The molecule has 0 radical (unpaired) electrons. The van der Waals surface area contributed by atoms with E-state index in [1.54, 1.807) is 19.3 Å². The van der Waals surface area contributed by atoms with E-state index in [1.807, 2.05) is 13.8 Å². The van der Waals surface area contributed by atoms with Crippen LogP contribution in [-0.4, -0.2) is 29.7 Å². The third-order valence-electron chi connectivity index (χ3n) is 7.23. The van der Waals surface area contributed by atoms with Crippen LogP contribution in [0.1, 0.15) is 64.0 Å². The Morgan fingerprint density at radius 3 is 2.64 bits per heavy atom. The second kappa shape index (κ2) is 6.21. The SMILES string of the molecule is C/C=C(/C)C(=O)O[C@@H]1c2c(C)coc2C[C@@]23O[C@@H]2[C@H](OC(C)=O)C[C@H](C)[C@@]13C. The molecule has 6 atom stereocenters. The van der Waals surface area contributed by atoms with E-state index < -0.39 is 17.1 Å². The number of allylic oxidation sites excluding steroid dienone is 1. The van der Waals surface area contributed by atoms with Crippen molar-refractivity contribution in [2.24, 2.45) is 11.3 Å². The van der Waals surface area contributed by atoms with E-state index in [-0.39, 0.29) is 30.1 Å². The summed E-state index contributed by atoms with van der Waals surface area (Å²) in [5.41, 5.74) is 1.50. The molecule has 152 valence electrons. The molecule has 0 bridgehead atoms. The molecule has 1 saturated heterocycles. The topological polar surface area (TPSA) is 78.3 Å². The van der Waals surface area contributed by atoms with Gasteiger partial charge >= 0.3 is 11.9 Å². The Morgan fingerprint density at radius 2 is 2.00 bits per heavy atom. The normalized spacial score (nSPS) is 38.7. The van der Waals surface area contributed by atoms with Crippen LogP contribution in [0.3, 0.4) is 0 Å². The summed E-state index contributed by atoms with van der Waals surface area (Å²) in [6.07, 6.45) is 3.77. The molecule has 0 aromatic carbocycles. The fourth-order valence-electron chi connectivity index (χ4n) is 5.31. The lowest BCUT2D eigenvalue weighted by Gasteiger charge is -2.51. The number of hydrogen-bond acceptors (Lipinski definition) is 6. The number of rotatable bonds is 3. The average Bonchev–Trinajstić information content (AvgIpc) is 3.26. The number of carbonyl (C=O) groups excluding carboxylic acids is 2. The van der Waals surface area contributed by atoms with E-state index in [1.165, 1.54) is 6.92 Å². The van der Waals surface area contributed by atoms with Crippen molar-refractivity contribution in [1.82, 2.24) is 0 Å². The van der Waals surface area contributed by atoms with Crippen molar-refractivity contribution < 1.29 is 28.2 Å². The predicted octanol–water partition coefficient (Wildman–Crippen LogP) is 3.81. The van der Waals surface area contributed by atoms with E-state index >= 15 is 0 Å². The van der Waals surface area contributed by atoms with Gasteiger partial charge in [-0.15, -0.1) is 0 Å². The van der Waals surface area contributed by atoms with Crippen molar-refractivity contribution >= 4 is 11.9 Å². The molecular weight excluding hydrogens is 360 g/mol. The van der Waals surface area contributed by atoms with Crippen molar-refractivity contribution in [2.45, 2.75) is 78.3 Å². The maximum atomic E-state index is 12.7. The van der Waals surface area contributed by atoms with Gasteiger partial charge in [0.2, 0.25) is 0 Å². The molecule has 2 heterocycles. The van der Waals surface area contributed by atoms with Gasteiger partial charge in [0.1, 0.15) is 29.7 Å². The fraction of sp³-hybridized carbons (Fsp3) is 0.636. The highest BCUT2D eigenvalue weighted by Gasteiger charge is 2.79. The summed E-state index contributed by atoms with van der Waals surface area (Å²) < 4.78 is 23.8. The van der Waals surface area contributed by atoms with Crippen molar-refractivity contribution in [3.8, 4) is 0 Å². The number of esters is 2. The molecular formula is C22H28O6. The Bertz CT molecular complexity index is 866. The van der Waals surface area contributed by atoms with Gasteiger partial charge in [-0.3, -0.25) is 4.79 Å². The van der Waals surface area contributed by atoms with Gasteiger partial charge in [-0.2, -0.15) is 0 Å². The van der Waals surface area contributed by atoms with Crippen molar-refractivity contribution in [1.29, 1.82) is 0 Å². The van der Waals surface area contributed by atoms with E-state index in [9.17, 15) is 9.59 Å². The fourth-order valence-corrected chi connectivity index (χ4v) is 5.31. The number of hydrogen-bond donors (Lipinski definition) is 0. The molecule has 1 spiro atoms. The van der Waals surface area contributed by atoms with Crippen LogP contribution in [-0.2, 0) is 30.2 Å². The second-order valence-electron chi connectivity index (χ2n) is 8.68. The number of carbonyl (C=O) groups is 2. The Kier molecular flexibility index (Phi) is 4.27. The Hall–Kier alpha value is -2.08. The molecule has 0 unspecified atom stereocenters. The minimum absolute atomic E-state index is 0.113.